The molecule has 0 aromatic heterocycles. The van der Waals surface area contributed by atoms with E-state index in [2.05, 4.69) is 10.2 Å². The smallest absolute Gasteiger partial charge is 0.251 e. The summed E-state index contributed by atoms with van der Waals surface area (Å²) in [5.74, 6) is 0.659. The summed E-state index contributed by atoms with van der Waals surface area (Å²) in [6.07, 6.45) is 2.42. The third-order valence-corrected chi connectivity index (χ3v) is 4.89. The lowest BCUT2D eigenvalue weighted by molar-refractivity contribution is 0.0620. The molecule has 0 saturated carbocycles. The van der Waals surface area contributed by atoms with E-state index in [1.165, 1.54) is 25.9 Å². The number of carbonyl (C=O) groups excluding carboxylic acids is 1. The van der Waals surface area contributed by atoms with Crippen LogP contribution in [0.2, 0.25) is 5.02 Å². The van der Waals surface area contributed by atoms with Gasteiger partial charge in [-0.25, -0.2) is 0 Å². The Morgan fingerprint density at radius 2 is 2.11 bits per heavy atom. The number of halogens is 1. The average Bonchev–Trinajstić information content (AvgIpc) is 2.43. The number of rotatable bonds is 2. The van der Waals surface area contributed by atoms with Crippen LogP contribution >= 0.6 is 11.6 Å². The van der Waals surface area contributed by atoms with E-state index in [-0.39, 0.29) is 5.91 Å². The van der Waals surface area contributed by atoms with E-state index in [9.17, 15) is 4.79 Å². The van der Waals surface area contributed by atoms with Gasteiger partial charge in [-0.1, -0.05) is 17.7 Å². The maximum Gasteiger partial charge on any atom is 0.251 e. The fraction of sp³-hybridized carbons (Fsp3) is 0.533. The number of nitrogens with one attached hydrogen (secondary N) is 1. The minimum Gasteiger partial charge on any atom is -0.348 e. The number of piperidine rings is 3. The second-order valence-corrected chi connectivity index (χ2v) is 6.04. The second kappa shape index (κ2) is 5.14. The first kappa shape index (κ1) is 12.9. The van der Waals surface area contributed by atoms with Crippen molar-refractivity contribution in [3.63, 3.8) is 0 Å². The normalized spacial score (nSPS) is 29.3. The highest BCUT2D eigenvalue weighted by atomic mass is 35.5. The SMILES string of the molecule is Cc1c(Cl)cccc1C(=O)NC1CN2CCC1CC2. The Morgan fingerprint density at radius 1 is 1.37 bits per heavy atom. The molecule has 0 radical (unpaired) electrons. The quantitative estimate of drug-likeness (QED) is 0.901. The molecule has 4 heteroatoms. The van der Waals surface area contributed by atoms with Crippen molar-refractivity contribution < 1.29 is 4.79 Å². The van der Waals surface area contributed by atoms with Crippen LogP contribution in [0.4, 0.5) is 0 Å². The second-order valence-electron chi connectivity index (χ2n) is 5.63. The van der Waals surface area contributed by atoms with Crippen molar-refractivity contribution in [2.75, 3.05) is 19.6 Å². The number of fused-ring (bicyclic) bond motifs is 3. The van der Waals surface area contributed by atoms with Crippen molar-refractivity contribution in [3.8, 4) is 0 Å². The Bertz CT molecular complexity index is 495. The first-order valence-electron chi connectivity index (χ1n) is 6.93. The highest BCUT2D eigenvalue weighted by molar-refractivity contribution is 6.31. The summed E-state index contributed by atoms with van der Waals surface area (Å²) in [7, 11) is 0. The zero-order valence-electron chi connectivity index (χ0n) is 11.2. The molecule has 1 N–H and O–H groups in total. The molecular weight excluding hydrogens is 260 g/mol. The summed E-state index contributed by atoms with van der Waals surface area (Å²) in [4.78, 5) is 14.8. The largest absolute Gasteiger partial charge is 0.348 e. The van der Waals surface area contributed by atoms with E-state index in [1.807, 2.05) is 25.1 Å². The van der Waals surface area contributed by atoms with Gasteiger partial charge in [0.15, 0.2) is 0 Å². The summed E-state index contributed by atoms with van der Waals surface area (Å²) >= 11 is 6.08. The molecule has 3 heterocycles. The molecule has 1 aromatic carbocycles. The van der Waals surface area contributed by atoms with Gasteiger partial charge >= 0.3 is 0 Å². The molecule has 0 spiro atoms. The highest BCUT2D eigenvalue weighted by Crippen LogP contribution is 2.28. The molecule has 102 valence electrons. The van der Waals surface area contributed by atoms with Crippen LogP contribution < -0.4 is 5.32 Å². The number of benzene rings is 1. The van der Waals surface area contributed by atoms with Crippen molar-refractivity contribution in [1.82, 2.24) is 10.2 Å². The molecule has 3 aliphatic rings. The standard InChI is InChI=1S/C15H19ClN2O/c1-10-12(3-2-4-13(10)16)15(19)17-14-9-18-7-5-11(14)6-8-18/h2-4,11,14H,5-9H2,1H3,(H,17,19). The van der Waals surface area contributed by atoms with Gasteiger partial charge < -0.3 is 10.2 Å². The number of amides is 1. The third kappa shape index (κ3) is 2.49. The molecule has 1 amide bonds. The van der Waals surface area contributed by atoms with Crippen LogP contribution in [-0.4, -0.2) is 36.5 Å². The van der Waals surface area contributed by atoms with Crippen LogP contribution in [0.5, 0.6) is 0 Å². The van der Waals surface area contributed by atoms with Gasteiger partial charge in [-0.15, -0.1) is 0 Å². The van der Waals surface area contributed by atoms with E-state index < -0.39 is 0 Å². The molecule has 3 nitrogen and oxygen atoms in total. The molecule has 2 bridgehead atoms. The zero-order valence-corrected chi connectivity index (χ0v) is 11.9. The first-order chi connectivity index (χ1) is 9.15. The van der Waals surface area contributed by atoms with Gasteiger partial charge in [-0.3, -0.25) is 4.79 Å². The van der Waals surface area contributed by atoms with Crippen LogP contribution in [0.25, 0.3) is 0 Å². The van der Waals surface area contributed by atoms with Gasteiger partial charge in [0.1, 0.15) is 0 Å². The van der Waals surface area contributed by atoms with Crippen LogP contribution in [0, 0.1) is 12.8 Å². The molecule has 4 rings (SSSR count). The minimum atomic E-state index is 0.0127. The summed E-state index contributed by atoms with van der Waals surface area (Å²) in [6, 6.07) is 5.80. The minimum absolute atomic E-state index is 0.0127. The summed E-state index contributed by atoms with van der Waals surface area (Å²) in [5, 5.41) is 3.85. The predicted octanol–water partition coefficient (Wildman–Crippen LogP) is 2.47. The Morgan fingerprint density at radius 3 is 2.74 bits per heavy atom. The van der Waals surface area contributed by atoms with Crippen LogP contribution in [0.3, 0.4) is 0 Å². The fourth-order valence-electron chi connectivity index (χ4n) is 3.23. The molecular formula is C15H19ClN2O. The maximum atomic E-state index is 12.4. The molecule has 3 fully saturated rings. The summed E-state index contributed by atoms with van der Waals surface area (Å²) < 4.78 is 0. The van der Waals surface area contributed by atoms with E-state index in [0.29, 0.717) is 22.5 Å². The molecule has 1 aromatic rings. The van der Waals surface area contributed by atoms with Crippen molar-refractivity contribution in [3.05, 3.63) is 34.3 Å². The van der Waals surface area contributed by atoms with E-state index in [0.717, 1.165) is 12.1 Å². The van der Waals surface area contributed by atoms with Gasteiger partial charge in [-0.05, 0) is 56.5 Å². The van der Waals surface area contributed by atoms with E-state index in [1.54, 1.807) is 0 Å². The predicted molar refractivity (Wildman–Crippen MR) is 76.6 cm³/mol. The van der Waals surface area contributed by atoms with E-state index >= 15 is 0 Å². The van der Waals surface area contributed by atoms with Gasteiger partial charge in [0.2, 0.25) is 0 Å². The third-order valence-electron chi connectivity index (χ3n) is 4.48. The zero-order chi connectivity index (χ0) is 13.4. The maximum absolute atomic E-state index is 12.4. The van der Waals surface area contributed by atoms with E-state index in [4.69, 9.17) is 11.6 Å². The first-order valence-corrected chi connectivity index (χ1v) is 7.31. The Balaban J connectivity index is 1.73. The van der Waals surface area contributed by atoms with Gasteiger partial charge in [-0.2, -0.15) is 0 Å². The molecule has 3 saturated heterocycles. The Hall–Kier alpha value is -1.06. The summed E-state index contributed by atoms with van der Waals surface area (Å²) in [6.45, 7) is 5.27. The van der Waals surface area contributed by atoms with Crippen LogP contribution in [0.1, 0.15) is 28.8 Å². The van der Waals surface area contributed by atoms with Gasteiger partial charge in [0.05, 0.1) is 0 Å². The Kier molecular flexibility index (Phi) is 3.50. The van der Waals surface area contributed by atoms with Crippen LogP contribution in [0.15, 0.2) is 18.2 Å². The topological polar surface area (TPSA) is 32.3 Å². The van der Waals surface area contributed by atoms with Gasteiger partial charge in [0.25, 0.3) is 5.91 Å². The molecule has 3 aliphatic heterocycles. The molecule has 1 unspecified atom stereocenters. The van der Waals surface area contributed by atoms with Crippen molar-refractivity contribution in [1.29, 1.82) is 0 Å². The number of hydrogen-bond acceptors (Lipinski definition) is 2. The van der Waals surface area contributed by atoms with Crippen molar-refractivity contribution >= 4 is 17.5 Å². The van der Waals surface area contributed by atoms with Crippen LogP contribution in [-0.2, 0) is 0 Å². The number of carbonyl (C=O) groups is 1. The van der Waals surface area contributed by atoms with Crippen molar-refractivity contribution in [2.24, 2.45) is 5.92 Å². The number of nitrogens with zero attached hydrogens (tertiary/aromatic N) is 1. The molecule has 1 atom stereocenters. The average molecular weight is 279 g/mol. The lowest BCUT2D eigenvalue weighted by atomic mass is 9.84. The number of hydrogen-bond donors (Lipinski definition) is 1. The molecule has 0 aliphatic carbocycles. The van der Waals surface area contributed by atoms with Crippen molar-refractivity contribution in [2.45, 2.75) is 25.8 Å². The monoisotopic (exact) mass is 278 g/mol. The summed E-state index contributed by atoms with van der Waals surface area (Å²) in [5.41, 5.74) is 1.56. The Labute approximate surface area is 118 Å². The fourth-order valence-corrected chi connectivity index (χ4v) is 3.40. The van der Waals surface area contributed by atoms with Gasteiger partial charge in [0, 0.05) is 23.2 Å². The highest BCUT2D eigenvalue weighted by Gasteiger charge is 2.35. The molecule has 19 heavy (non-hydrogen) atoms. The lowest BCUT2D eigenvalue weighted by Gasteiger charge is -2.45. The lowest BCUT2D eigenvalue weighted by Crippen LogP contribution is -2.57.